The van der Waals surface area contributed by atoms with Crippen LogP contribution in [0.5, 0.6) is 0 Å². The summed E-state index contributed by atoms with van der Waals surface area (Å²) < 4.78 is 6.04. The fourth-order valence-electron chi connectivity index (χ4n) is 5.99. The number of carbonyl (C=O) groups is 2. The van der Waals surface area contributed by atoms with Gasteiger partial charge in [0.15, 0.2) is 0 Å². The van der Waals surface area contributed by atoms with Gasteiger partial charge in [-0.2, -0.15) is 0 Å². The van der Waals surface area contributed by atoms with Gasteiger partial charge in [-0.3, -0.25) is 9.59 Å². The number of rotatable bonds is 5. The maximum atomic E-state index is 12.4. The van der Waals surface area contributed by atoms with Crippen LogP contribution in [-0.2, 0) is 20.7 Å². The molecule has 4 bridgehead atoms. The third kappa shape index (κ3) is 3.38. The van der Waals surface area contributed by atoms with Crippen molar-refractivity contribution in [1.82, 2.24) is 5.32 Å². The van der Waals surface area contributed by atoms with E-state index in [1.165, 1.54) is 37.7 Å². The van der Waals surface area contributed by atoms with Gasteiger partial charge in [-0.15, -0.1) is 0 Å². The molecule has 4 aliphatic carbocycles. The van der Waals surface area contributed by atoms with E-state index in [9.17, 15) is 9.59 Å². The Bertz CT molecular complexity index is 685. The summed E-state index contributed by atoms with van der Waals surface area (Å²) >= 11 is 0. The molecular formula is C22H30N2O3. The molecule has 0 spiro atoms. The summed E-state index contributed by atoms with van der Waals surface area (Å²) in [5.74, 6) is 1.48. The molecule has 0 saturated heterocycles. The van der Waals surface area contributed by atoms with E-state index in [1.54, 1.807) is 7.11 Å². The number of hydrogen-bond donors (Lipinski definition) is 2. The Morgan fingerprint density at radius 1 is 1.00 bits per heavy atom. The Kier molecular flexibility index (Phi) is 4.97. The van der Waals surface area contributed by atoms with E-state index in [-0.39, 0.29) is 5.60 Å². The molecule has 5 rings (SSSR count). The average Bonchev–Trinajstić information content (AvgIpc) is 2.68. The first-order valence-corrected chi connectivity index (χ1v) is 10.3. The van der Waals surface area contributed by atoms with Crippen LogP contribution < -0.4 is 10.6 Å². The van der Waals surface area contributed by atoms with Gasteiger partial charge < -0.3 is 15.4 Å². The van der Waals surface area contributed by atoms with Gasteiger partial charge >= 0.3 is 11.8 Å². The SMILES string of the molecule is CCc1ccc(NC(=O)C(=O)NCC2(OC)C3CC4CC(C3)CC2C4)cc1. The summed E-state index contributed by atoms with van der Waals surface area (Å²) in [6.45, 7) is 2.51. The molecule has 0 aromatic heterocycles. The molecule has 4 saturated carbocycles. The highest BCUT2D eigenvalue weighted by Crippen LogP contribution is 2.59. The summed E-state index contributed by atoms with van der Waals surface area (Å²) in [6, 6.07) is 7.58. The molecule has 2 amide bonds. The number of hydrogen-bond acceptors (Lipinski definition) is 3. The predicted molar refractivity (Wildman–Crippen MR) is 104 cm³/mol. The van der Waals surface area contributed by atoms with Crippen molar-refractivity contribution in [2.45, 2.75) is 51.0 Å². The lowest BCUT2D eigenvalue weighted by Gasteiger charge is -2.60. The third-order valence-electron chi connectivity index (χ3n) is 7.25. The van der Waals surface area contributed by atoms with Gasteiger partial charge in [-0.25, -0.2) is 0 Å². The second-order valence-electron chi connectivity index (χ2n) is 8.65. The fourth-order valence-corrected chi connectivity index (χ4v) is 5.99. The van der Waals surface area contributed by atoms with Crippen molar-refractivity contribution in [3.05, 3.63) is 29.8 Å². The van der Waals surface area contributed by atoms with Crippen LogP contribution in [0, 0.1) is 23.7 Å². The topological polar surface area (TPSA) is 67.4 Å². The lowest BCUT2D eigenvalue weighted by atomic mass is 9.49. The molecule has 0 unspecified atom stereocenters. The van der Waals surface area contributed by atoms with Crippen LogP contribution in [0.3, 0.4) is 0 Å². The number of anilines is 1. The number of benzene rings is 1. The molecule has 4 aliphatic rings. The van der Waals surface area contributed by atoms with E-state index < -0.39 is 11.8 Å². The zero-order chi connectivity index (χ0) is 19.0. The van der Waals surface area contributed by atoms with Gasteiger partial charge in [0.25, 0.3) is 0 Å². The lowest BCUT2D eigenvalue weighted by molar-refractivity contribution is -0.188. The Morgan fingerprint density at radius 2 is 1.59 bits per heavy atom. The summed E-state index contributed by atoms with van der Waals surface area (Å²) in [5.41, 5.74) is 1.54. The Labute approximate surface area is 161 Å². The van der Waals surface area contributed by atoms with Gasteiger partial charge in [0.2, 0.25) is 0 Å². The van der Waals surface area contributed by atoms with E-state index in [4.69, 9.17) is 4.74 Å². The molecule has 0 atom stereocenters. The standard InChI is InChI=1S/C22H30N2O3/c1-3-14-4-6-19(7-5-14)24-21(26)20(25)23-13-22(27-2)17-9-15-8-16(11-17)12-18(22)10-15/h4-7,15-18H,3,8-13H2,1-2H3,(H,23,25)(H,24,26). The molecule has 5 nitrogen and oxygen atoms in total. The van der Waals surface area contributed by atoms with Crippen molar-refractivity contribution < 1.29 is 14.3 Å². The summed E-state index contributed by atoms with van der Waals surface area (Å²) in [5, 5.41) is 5.55. The van der Waals surface area contributed by atoms with Crippen LogP contribution >= 0.6 is 0 Å². The monoisotopic (exact) mass is 370 g/mol. The number of amides is 2. The van der Waals surface area contributed by atoms with E-state index >= 15 is 0 Å². The third-order valence-corrected chi connectivity index (χ3v) is 7.25. The smallest absolute Gasteiger partial charge is 0.313 e. The number of aryl methyl sites for hydroxylation is 1. The van der Waals surface area contributed by atoms with Crippen molar-refractivity contribution in [3.8, 4) is 0 Å². The van der Waals surface area contributed by atoms with Crippen LogP contribution in [0.25, 0.3) is 0 Å². The first-order chi connectivity index (χ1) is 13.0. The molecule has 2 N–H and O–H groups in total. The zero-order valence-corrected chi connectivity index (χ0v) is 16.3. The van der Waals surface area contributed by atoms with Crippen LogP contribution in [0.15, 0.2) is 24.3 Å². The zero-order valence-electron chi connectivity index (χ0n) is 16.3. The van der Waals surface area contributed by atoms with Crippen LogP contribution in [0.1, 0.15) is 44.6 Å². The minimum absolute atomic E-state index is 0.299. The molecular weight excluding hydrogens is 340 g/mol. The highest BCUT2D eigenvalue weighted by Gasteiger charge is 2.57. The molecule has 0 aliphatic heterocycles. The largest absolute Gasteiger partial charge is 0.376 e. The molecule has 1 aromatic carbocycles. The normalized spacial score (nSPS) is 33.7. The first kappa shape index (κ1) is 18.5. The minimum Gasteiger partial charge on any atom is -0.376 e. The first-order valence-electron chi connectivity index (χ1n) is 10.3. The van der Waals surface area contributed by atoms with Crippen molar-refractivity contribution in [3.63, 3.8) is 0 Å². The summed E-state index contributed by atoms with van der Waals surface area (Å²) in [7, 11) is 1.77. The van der Waals surface area contributed by atoms with Gasteiger partial charge in [-0.05, 0) is 79.9 Å². The van der Waals surface area contributed by atoms with E-state index in [2.05, 4.69) is 17.6 Å². The summed E-state index contributed by atoms with van der Waals surface area (Å²) in [6.07, 6.45) is 7.12. The van der Waals surface area contributed by atoms with E-state index in [1.807, 2.05) is 24.3 Å². The number of nitrogens with one attached hydrogen (secondary N) is 2. The van der Waals surface area contributed by atoms with Crippen LogP contribution in [0.4, 0.5) is 5.69 Å². The predicted octanol–water partition coefficient (Wildman–Crippen LogP) is 3.15. The number of ether oxygens (including phenoxy) is 1. The second kappa shape index (κ2) is 7.27. The van der Waals surface area contributed by atoms with Gasteiger partial charge in [-0.1, -0.05) is 19.1 Å². The molecule has 5 heteroatoms. The molecule has 0 radical (unpaired) electrons. The van der Waals surface area contributed by atoms with Gasteiger partial charge in [0, 0.05) is 19.3 Å². The molecule has 146 valence electrons. The Balaban J connectivity index is 1.37. The highest BCUT2D eigenvalue weighted by atomic mass is 16.5. The maximum absolute atomic E-state index is 12.4. The number of carbonyl (C=O) groups excluding carboxylic acids is 2. The van der Waals surface area contributed by atoms with Crippen molar-refractivity contribution in [2.75, 3.05) is 19.0 Å². The maximum Gasteiger partial charge on any atom is 0.313 e. The van der Waals surface area contributed by atoms with Crippen LogP contribution in [-0.4, -0.2) is 31.1 Å². The van der Waals surface area contributed by atoms with Gasteiger partial charge in [0.05, 0.1) is 5.60 Å². The quantitative estimate of drug-likeness (QED) is 0.783. The van der Waals surface area contributed by atoms with Crippen molar-refractivity contribution >= 4 is 17.5 Å². The fraction of sp³-hybridized carbons (Fsp3) is 0.636. The molecule has 27 heavy (non-hydrogen) atoms. The van der Waals surface area contributed by atoms with Crippen molar-refractivity contribution in [1.29, 1.82) is 0 Å². The van der Waals surface area contributed by atoms with Gasteiger partial charge in [0.1, 0.15) is 0 Å². The van der Waals surface area contributed by atoms with Crippen LogP contribution in [0.2, 0.25) is 0 Å². The lowest BCUT2D eigenvalue weighted by Crippen LogP contribution is -2.63. The molecule has 4 fully saturated rings. The Morgan fingerprint density at radius 3 is 2.11 bits per heavy atom. The van der Waals surface area contributed by atoms with Crippen molar-refractivity contribution in [2.24, 2.45) is 23.7 Å². The Hall–Kier alpha value is -1.88. The second-order valence-corrected chi connectivity index (χ2v) is 8.65. The molecule has 0 heterocycles. The summed E-state index contributed by atoms with van der Waals surface area (Å²) in [4.78, 5) is 24.7. The average molecular weight is 370 g/mol. The minimum atomic E-state index is -0.616. The van der Waals surface area contributed by atoms with E-state index in [0.717, 1.165) is 18.3 Å². The molecule has 1 aromatic rings. The number of methoxy groups -OCH3 is 1. The van der Waals surface area contributed by atoms with E-state index in [0.29, 0.717) is 24.1 Å². The highest BCUT2D eigenvalue weighted by molar-refractivity contribution is 6.39.